The summed E-state index contributed by atoms with van der Waals surface area (Å²) in [5.74, 6) is 0.972. The van der Waals surface area contributed by atoms with E-state index in [0.29, 0.717) is 11.5 Å². The average Bonchev–Trinajstić information content (AvgIpc) is 1.40. The van der Waals surface area contributed by atoms with Crippen molar-refractivity contribution in [1.82, 2.24) is 0 Å². The lowest BCUT2D eigenvalue weighted by Crippen LogP contribution is -2.14. The van der Waals surface area contributed by atoms with Crippen molar-refractivity contribution in [3.8, 4) is 39.1 Å². The Kier molecular flexibility index (Phi) is 15.8. The Hall–Kier alpha value is -8.31. The molecule has 0 spiro atoms. The molecule has 0 aromatic heterocycles. The quantitative estimate of drug-likeness (QED) is 0.0608. The highest BCUT2D eigenvalue weighted by molar-refractivity contribution is 7.80. The monoisotopic (exact) mass is 1100 g/mol. The zero-order valence-electron chi connectivity index (χ0n) is 50.9. The first-order chi connectivity index (χ1) is 40.1. The van der Waals surface area contributed by atoms with Crippen molar-refractivity contribution in [1.29, 1.82) is 0 Å². The Bertz CT molecular complexity index is 4370. The summed E-state index contributed by atoms with van der Waals surface area (Å²) in [6.07, 6.45) is 7.49. The van der Waals surface area contributed by atoms with E-state index in [2.05, 4.69) is 281 Å². The number of allylic oxidation sites excluding steroid dienone is 3. The fourth-order valence-electron chi connectivity index (χ4n) is 13.4. The fourth-order valence-corrected chi connectivity index (χ4v) is 13.5. The Morgan fingerprint density at radius 2 is 1.06 bits per heavy atom. The molecule has 83 heavy (non-hydrogen) atoms. The number of rotatable bonds is 15. The summed E-state index contributed by atoms with van der Waals surface area (Å²) in [6, 6.07) is 61.7. The standard InChI is InChI=1S/C79H78N2OS/c1-14-23-57-24-19-30-66(62(57)15-2)65-29-21-33-71(56(65)13)80(61-26-18-25-60(46-61)70-45-49(6)48(5)44-50(70)7)74-41-37-58-36-40-69-75(42-38-59-35-39-68(74)77(58)78(59)69)81(72-34-20-28-64(55(72)12)63(47(3)4)31-22-43-83)73-32-17-16-27-67(73)76-53(10)51(8)52(9)54(11)79(76)82/h16-22,24-42,44-46,82-83H,14-15,23,43H2,1-13H3/b31-22-. The lowest BCUT2D eigenvalue weighted by Gasteiger charge is -2.33. The first kappa shape index (κ1) is 56.5. The topological polar surface area (TPSA) is 26.7 Å². The van der Waals surface area contributed by atoms with Crippen LogP contribution in [0, 0.1) is 62.3 Å². The van der Waals surface area contributed by atoms with Gasteiger partial charge in [0.1, 0.15) is 5.75 Å². The van der Waals surface area contributed by atoms with Gasteiger partial charge in [0.05, 0.1) is 17.1 Å². The third-order valence-corrected chi connectivity index (χ3v) is 18.4. The number of para-hydroxylation sites is 1. The Morgan fingerprint density at radius 3 is 1.73 bits per heavy atom. The lowest BCUT2D eigenvalue weighted by molar-refractivity contribution is 0.472. The fraction of sp³-hybridized carbons (Fsp3) is 0.215. The summed E-state index contributed by atoms with van der Waals surface area (Å²) in [5.41, 5.74) is 30.3. The molecule has 0 fully saturated rings. The maximum atomic E-state index is 12.3. The van der Waals surface area contributed by atoms with Crippen molar-refractivity contribution in [3.63, 3.8) is 0 Å². The maximum absolute atomic E-state index is 12.3. The zero-order valence-corrected chi connectivity index (χ0v) is 51.8. The number of nitrogens with zero attached hydrogens (tertiary/aromatic N) is 2. The van der Waals surface area contributed by atoms with Gasteiger partial charge < -0.3 is 14.9 Å². The molecule has 0 aliphatic carbocycles. The minimum Gasteiger partial charge on any atom is -0.507 e. The van der Waals surface area contributed by atoms with Gasteiger partial charge in [-0.15, -0.1) is 0 Å². The van der Waals surface area contributed by atoms with Crippen LogP contribution in [0.4, 0.5) is 34.1 Å². The number of hydrogen-bond acceptors (Lipinski definition) is 4. The van der Waals surface area contributed by atoms with Crippen molar-refractivity contribution in [3.05, 3.63) is 248 Å². The summed E-state index contributed by atoms with van der Waals surface area (Å²) in [5, 5.41) is 19.4. The van der Waals surface area contributed by atoms with Crippen LogP contribution in [0.3, 0.4) is 0 Å². The lowest BCUT2D eigenvalue weighted by atomic mass is 9.88. The molecule has 0 aliphatic rings. The Labute approximate surface area is 499 Å². The van der Waals surface area contributed by atoms with Crippen LogP contribution >= 0.6 is 12.6 Å². The van der Waals surface area contributed by atoms with Crippen LogP contribution in [0.25, 0.3) is 71.3 Å². The molecule has 11 rings (SSSR count). The number of aryl methyl sites for hydroxylation is 4. The van der Waals surface area contributed by atoms with Gasteiger partial charge in [0.2, 0.25) is 0 Å². The molecule has 0 atom stereocenters. The molecule has 0 amide bonds. The van der Waals surface area contributed by atoms with Crippen LogP contribution in [-0.2, 0) is 12.8 Å². The van der Waals surface area contributed by atoms with Gasteiger partial charge >= 0.3 is 0 Å². The van der Waals surface area contributed by atoms with Crippen molar-refractivity contribution in [2.45, 2.75) is 109 Å². The zero-order chi connectivity index (χ0) is 58.5. The first-order valence-electron chi connectivity index (χ1n) is 29.7. The molecule has 3 nitrogen and oxygen atoms in total. The van der Waals surface area contributed by atoms with Crippen LogP contribution in [0.15, 0.2) is 182 Å². The number of phenolic OH excluding ortho intramolecular Hbond substituents is 1. The van der Waals surface area contributed by atoms with Gasteiger partial charge in [-0.25, -0.2) is 0 Å². The number of phenols is 1. The number of anilines is 6. The normalized spacial score (nSPS) is 11.7. The van der Waals surface area contributed by atoms with Crippen molar-refractivity contribution < 1.29 is 5.11 Å². The third kappa shape index (κ3) is 9.89. The van der Waals surface area contributed by atoms with Gasteiger partial charge in [-0.3, -0.25) is 0 Å². The highest BCUT2D eigenvalue weighted by Gasteiger charge is 2.28. The number of benzene rings is 11. The second kappa shape index (κ2) is 23.1. The van der Waals surface area contributed by atoms with E-state index in [4.69, 9.17) is 0 Å². The van der Waals surface area contributed by atoms with Gasteiger partial charge in [0.25, 0.3) is 0 Å². The molecule has 4 heteroatoms. The molecule has 0 saturated heterocycles. The molecule has 0 unspecified atom stereocenters. The van der Waals surface area contributed by atoms with E-state index in [-0.39, 0.29) is 0 Å². The van der Waals surface area contributed by atoms with E-state index in [1.54, 1.807) is 0 Å². The van der Waals surface area contributed by atoms with E-state index < -0.39 is 0 Å². The second-order valence-corrected chi connectivity index (χ2v) is 23.6. The number of aromatic hydroxyl groups is 1. The van der Waals surface area contributed by atoms with Crippen LogP contribution < -0.4 is 9.80 Å². The van der Waals surface area contributed by atoms with Gasteiger partial charge in [-0.2, -0.15) is 12.6 Å². The summed E-state index contributed by atoms with van der Waals surface area (Å²) in [4.78, 5) is 5.00. The Balaban J connectivity index is 1.20. The predicted molar refractivity (Wildman–Crippen MR) is 365 cm³/mol. The molecule has 11 aromatic rings. The highest BCUT2D eigenvalue weighted by Crippen LogP contribution is 2.53. The number of hydrogen-bond donors (Lipinski definition) is 2. The van der Waals surface area contributed by atoms with Crippen molar-refractivity contribution >= 4 is 84.6 Å². The molecule has 0 heterocycles. The molecular weight excluding hydrogens is 1020 g/mol. The van der Waals surface area contributed by atoms with Gasteiger partial charge in [0, 0.05) is 44.7 Å². The molecule has 11 aromatic carbocycles. The van der Waals surface area contributed by atoms with E-state index in [1.165, 1.54) is 105 Å². The molecule has 0 aliphatic heterocycles. The smallest absolute Gasteiger partial charge is 0.126 e. The van der Waals surface area contributed by atoms with E-state index in [1.807, 2.05) is 6.92 Å². The van der Waals surface area contributed by atoms with Gasteiger partial charge in [0.15, 0.2) is 0 Å². The summed E-state index contributed by atoms with van der Waals surface area (Å²) in [6.45, 7) is 28.7. The van der Waals surface area contributed by atoms with Crippen LogP contribution in [0.2, 0.25) is 0 Å². The molecule has 1 N–H and O–H groups in total. The minimum atomic E-state index is 0.325. The molecule has 0 saturated carbocycles. The first-order valence-corrected chi connectivity index (χ1v) is 30.3. The minimum absolute atomic E-state index is 0.325. The maximum Gasteiger partial charge on any atom is 0.126 e. The average molecular weight is 1100 g/mol. The largest absolute Gasteiger partial charge is 0.507 e. The molecule has 0 bridgehead atoms. The second-order valence-electron chi connectivity index (χ2n) is 23.2. The van der Waals surface area contributed by atoms with E-state index in [9.17, 15) is 5.11 Å². The van der Waals surface area contributed by atoms with E-state index in [0.717, 1.165) is 92.2 Å². The third-order valence-electron chi connectivity index (χ3n) is 18.2. The van der Waals surface area contributed by atoms with Crippen LogP contribution in [0.5, 0.6) is 5.75 Å². The van der Waals surface area contributed by atoms with Crippen LogP contribution in [-0.4, -0.2) is 10.9 Å². The van der Waals surface area contributed by atoms with Crippen LogP contribution in [0.1, 0.15) is 101 Å². The van der Waals surface area contributed by atoms with Gasteiger partial charge in [-0.05, 0) is 248 Å². The summed E-state index contributed by atoms with van der Waals surface area (Å²) < 4.78 is 0. The summed E-state index contributed by atoms with van der Waals surface area (Å²) in [7, 11) is 0. The summed E-state index contributed by atoms with van der Waals surface area (Å²) >= 11 is 4.59. The molecular formula is C79H78N2OS. The van der Waals surface area contributed by atoms with Crippen molar-refractivity contribution in [2.24, 2.45) is 0 Å². The number of thiol groups is 1. The highest BCUT2D eigenvalue weighted by atomic mass is 32.1. The molecule has 0 radical (unpaired) electrons. The molecule has 416 valence electrons. The SMILES string of the molecule is CCCc1cccc(-c2cccc(N(c3cccc(-c4cc(C)c(C)cc4C)c3)c3ccc4ccc5c(N(c6ccccc6-c6c(C)c(C)c(C)c(C)c6O)c6cccc(C(/C=C\CS)=C(C)C)c6C)ccc6ccc3c4c65)c2C)c1CC. The predicted octanol–water partition coefficient (Wildman–Crippen LogP) is 22.8. The van der Waals surface area contributed by atoms with Crippen molar-refractivity contribution in [2.75, 3.05) is 15.6 Å². The van der Waals surface area contributed by atoms with Gasteiger partial charge in [-0.1, -0.05) is 159 Å². The Morgan fingerprint density at radius 1 is 0.482 bits per heavy atom. The van der Waals surface area contributed by atoms with E-state index >= 15 is 0 Å².